The lowest BCUT2D eigenvalue weighted by Gasteiger charge is -2.16. The van der Waals surface area contributed by atoms with E-state index in [4.69, 9.17) is 4.84 Å². The molecule has 1 N–H and O–H groups in total. The van der Waals surface area contributed by atoms with Crippen LogP contribution in [-0.2, 0) is 16.2 Å². The highest BCUT2D eigenvalue weighted by molar-refractivity contribution is 7.99. The molecule has 0 aliphatic carbocycles. The molecule has 2 aromatic carbocycles. The van der Waals surface area contributed by atoms with Crippen molar-refractivity contribution in [3.8, 4) is 0 Å². The summed E-state index contributed by atoms with van der Waals surface area (Å²) in [7, 11) is 1.60. The summed E-state index contributed by atoms with van der Waals surface area (Å²) in [6, 6.07) is 20.3. The molecule has 0 saturated carbocycles. The van der Waals surface area contributed by atoms with Crippen LogP contribution in [0.5, 0.6) is 0 Å². The van der Waals surface area contributed by atoms with Crippen LogP contribution in [0.15, 0.2) is 65.6 Å². The number of nitrogens with one attached hydrogen (secondary N) is 1. The van der Waals surface area contributed by atoms with Gasteiger partial charge in [0.15, 0.2) is 0 Å². The number of rotatable bonds is 7. The number of hydrogen-bond donors (Lipinski definition) is 1. The van der Waals surface area contributed by atoms with Crippen molar-refractivity contribution in [1.82, 2.24) is 10.4 Å². The van der Waals surface area contributed by atoms with E-state index in [-0.39, 0.29) is 17.9 Å². The van der Waals surface area contributed by atoms with Gasteiger partial charge < -0.3 is 9.74 Å². The topological polar surface area (TPSA) is 41.6 Å². The number of nitrogens with zero attached hydrogens (tertiary/aromatic N) is 1. The van der Waals surface area contributed by atoms with E-state index < -0.39 is 0 Å². The number of hydroxylamine groups is 1. The Bertz CT molecular complexity index is 651. The smallest absolute Gasteiger partial charge is 0.228 e. The number of carbonyl (C=O) groups is 1. The van der Waals surface area contributed by atoms with Gasteiger partial charge in [-0.1, -0.05) is 48.5 Å². The first-order valence-electron chi connectivity index (χ1n) is 8.07. The van der Waals surface area contributed by atoms with Gasteiger partial charge in [0.2, 0.25) is 5.91 Å². The molecule has 0 spiro atoms. The van der Waals surface area contributed by atoms with Crippen LogP contribution in [0.3, 0.4) is 0 Å². The summed E-state index contributed by atoms with van der Waals surface area (Å²) < 4.78 is 0. The molecule has 2 aromatic rings. The van der Waals surface area contributed by atoms with Gasteiger partial charge in [0.1, 0.15) is 0 Å². The van der Waals surface area contributed by atoms with Gasteiger partial charge in [-0.2, -0.15) is 5.48 Å². The Morgan fingerprint density at radius 3 is 2.46 bits per heavy atom. The summed E-state index contributed by atoms with van der Waals surface area (Å²) in [6.45, 7) is 1.32. The zero-order valence-electron chi connectivity index (χ0n) is 13.7. The lowest BCUT2D eigenvalue weighted by atomic mass is 10.1. The van der Waals surface area contributed by atoms with Gasteiger partial charge in [-0.3, -0.25) is 4.79 Å². The average molecular weight is 342 g/mol. The van der Waals surface area contributed by atoms with E-state index in [2.05, 4.69) is 29.7 Å². The maximum absolute atomic E-state index is 12.8. The molecule has 2 atom stereocenters. The number of carbonyl (C=O) groups excluding carboxylic acids is 1. The van der Waals surface area contributed by atoms with Gasteiger partial charge in [0.25, 0.3) is 0 Å². The van der Waals surface area contributed by atoms with Gasteiger partial charge in [0, 0.05) is 23.7 Å². The molecule has 4 nitrogen and oxygen atoms in total. The van der Waals surface area contributed by atoms with Crippen molar-refractivity contribution in [3.63, 3.8) is 0 Å². The third kappa shape index (κ3) is 4.17. The molecule has 0 radical (unpaired) electrons. The predicted molar refractivity (Wildman–Crippen MR) is 96.4 cm³/mol. The maximum Gasteiger partial charge on any atom is 0.228 e. The molecule has 0 bridgehead atoms. The molecule has 1 fully saturated rings. The Balaban J connectivity index is 1.66. The highest BCUT2D eigenvalue weighted by Crippen LogP contribution is 2.28. The van der Waals surface area contributed by atoms with Crippen molar-refractivity contribution in [3.05, 3.63) is 66.2 Å². The van der Waals surface area contributed by atoms with E-state index in [0.717, 1.165) is 11.3 Å². The summed E-state index contributed by atoms with van der Waals surface area (Å²) in [6.07, 6.45) is 0. The van der Waals surface area contributed by atoms with Gasteiger partial charge >= 0.3 is 0 Å². The third-order valence-corrected chi connectivity index (χ3v) is 5.32. The second kappa shape index (κ2) is 8.33. The Labute approximate surface area is 147 Å². The van der Waals surface area contributed by atoms with Crippen LogP contribution < -0.4 is 5.48 Å². The fourth-order valence-corrected chi connectivity index (χ4v) is 4.06. The maximum atomic E-state index is 12.8. The van der Waals surface area contributed by atoms with E-state index in [1.54, 1.807) is 18.9 Å². The molecule has 5 heteroatoms. The zero-order valence-corrected chi connectivity index (χ0v) is 14.5. The van der Waals surface area contributed by atoms with Crippen molar-refractivity contribution in [2.45, 2.75) is 17.5 Å². The molecule has 0 unspecified atom stereocenters. The molecule has 1 aliphatic heterocycles. The summed E-state index contributed by atoms with van der Waals surface area (Å²) in [5, 5.41) is 0. The van der Waals surface area contributed by atoms with Gasteiger partial charge in [-0.25, -0.2) is 0 Å². The van der Waals surface area contributed by atoms with E-state index in [9.17, 15) is 4.79 Å². The van der Waals surface area contributed by atoms with Crippen LogP contribution in [0.25, 0.3) is 0 Å². The van der Waals surface area contributed by atoms with Crippen molar-refractivity contribution >= 4 is 17.7 Å². The summed E-state index contributed by atoms with van der Waals surface area (Å²) in [5.41, 5.74) is 4.15. The number of amides is 1. The molecule has 0 aromatic heterocycles. The van der Waals surface area contributed by atoms with E-state index >= 15 is 0 Å². The van der Waals surface area contributed by atoms with Crippen molar-refractivity contribution in [2.75, 3.05) is 19.4 Å². The van der Waals surface area contributed by atoms with Crippen molar-refractivity contribution in [2.24, 2.45) is 5.92 Å². The number of hydrogen-bond acceptors (Lipinski definition) is 4. The third-order valence-electron chi connectivity index (χ3n) is 4.19. The first-order chi connectivity index (χ1) is 11.8. The molecule has 1 saturated heterocycles. The highest BCUT2D eigenvalue weighted by Gasteiger charge is 2.40. The average Bonchev–Trinajstić information content (AvgIpc) is 2.90. The lowest BCUT2D eigenvalue weighted by Crippen LogP contribution is -2.36. The van der Waals surface area contributed by atoms with Crippen LogP contribution in [0.1, 0.15) is 5.56 Å². The van der Waals surface area contributed by atoms with E-state index in [0.29, 0.717) is 13.1 Å². The minimum atomic E-state index is -0.0844. The zero-order chi connectivity index (χ0) is 16.8. The quantitative estimate of drug-likeness (QED) is 0.620. The Morgan fingerprint density at radius 2 is 1.79 bits per heavy atom. The second-order valence-corrected chi connectivity index (χ2v) is 6.96. The SMILES string of the molecule is CON[C@@H]1CN(Cc2ccccc2)C(=O)[C@@H]1CSc1ccccc1. The fourth-order valence-electron chi connectivity index (χ4n) is 2.97. The first-order valence-corrected chi connectivity index (χ1v) is 9.05. The van der Waals surface area contributed by atoms with Crippen LogP contribution in [0.2, 0.25) is 0 Å². The minimum absolute atomic E-state index is 0.0161. The first kappa shape index (κ1) is 17.0. The largest absolute Gasteiger partial charge is 0.336 e. The summed E-state index contributed by atoms with van der Waals surface area (Å²) in [4.78, 5) is 21.1. The van der Waals surface area contributed by atoms with Crippen LogP contribution >= 0.6 is 11.8 Å². The van der Waals surface area contributed by atoms with Gasteiger partial charge in [-0.15, -0.1) is 11.8 Å². The minimum Gasteiger partial charge on any atom is -0.336 e. The number of likely N-dealkylation sites (tertiary alicyclic amines) is 1. The fraction of sp³-hybridized carbons (Fsp3) is 0.316. The molecule has 3 rings (SSSR count). The summed E-state index contributed by atoms with van der Waals surface area (Å²) >= 11 is 1.72. The molecule has 24 heavy (non-hydrogen) atoms. The van der Waals surface area contributed by atoms with E-state index in [1.165, 1.54) is 4.90 Å². The number of thioether (sulfide) groups is 1. The molecular formula is C19H22N2O2S. The second-order valence-electron chi connectivity index (χ2n) is 5.86. The highest BCUT2D eigenvalue weighted by atomic mass is 32.2. The molecular weight excluding hydrogens is 320 g/mol. The predicted octanol–water partition coefficient (Wildman–Crippen LogP) is 2.96. The Hall–Kier alpha value is -1.82. The lowest BCUT2D eigenvalue weighted by molar-refractivity contribution is -0.131. The molecule has 1 aliphatic rings. The van der Waals surface area contributed by atoms with E-state index in [1.807, 2.05) is 41.3 Å². The van der Waals surface area contributed by atoms with Gasteiger partial charge in [-0.05, 0) is 17.7 Å². The summed E-state index contributed by atoms with van der Waals surface area (Å²) in [5.74, 6) is 0.852. The molecule has 1 heterocycles. The van der Waals surface area contributed by atoms with Crippen molar-refractivity contribution < 1.29 is 9.63 Å². The van der Waals surface area contributed by atoms with Gasteiger partial charge in [0.05, 0.1) is 19.1 Å². The monoisotopic (exact) mass is 342 g/mol. The normalized spacial score (nSPS) is 20.5. The Kier molecular flexibility index (Phi) is 5.91. The Morgan fingerprint density at radius 1 is 1.12 bits per heavy atom. The number of benzene rings is 2. The standard InChI is InChI=1S/C19H22N2O2S/c1-23-20-18-13-21(12-15-8-4-2-5-9-15)19(22)17(18)14-24-16-10-6-3-7-11-16/h2-11,17-18,20H,12-14H2,1H3/t17-,18-/m1/s1. The van der Waals surface area contributed by atoms with Crippen LogP contribution in [0, 0.1) is 5.92 Å². The van der Waals surface area contributed by atoms with Crippen molar-refractivity contribution in [1.29, 1.82) is 0 Å². The van der Waals surface area contributed by atoms with Crippen LogP contribution in [0.4, 0.5) is 0 Å². The molecule has 1 amide bonds. The van der Waals surface area contributed by atoms with Crippen LogP contribution in [-0.4, -0.2) is 36.3 Å². The molecule has 126 valence electrons.